The summed E-state index contributed by atoms with van der Waals surface area (Å²) in [4.78, 5) is 16.4. The predicted molar refractivity (Wildman–Crippen MR) is 88.4 cm³/mol. The van der Waals surface area contributed by atoms with Crippen LogP contribution in [0.4, 0.5) is 5.95 Å². The molecule has 0 saturated carbocycles. The van der Waals surface area contributed by atoms with Crippen LogP contribution >= 0.6 is 11.3 Å². The van der Waals surface area contributed by atoms with Gasteiger partial charge in [0.1, 0.15) is 10.7 Å². The maximum absolute atomic E-state index is 12.1. The van der Waals surface area contributed by atoms with Gasteiger partial charge in [-0.05, 0) is 16.2 Å². The molecule has 0 unspecified atom stereocenters. The molecular weight excluding hydrogens is 312 g/mol. The number of anilines is 1. The fraction of sp³-hybridized carbons (Fsp3) is 0.267. The van der Waals surface area contributed by atoms with Crippen molar-refractivity contribution in [2.75, 3.05) is 5.32 Å². The molecule has 0 spiro atoms. The first-order valence-corrected chi connectivity index (χ1v) is 7.93. The van der Waals surface area contributed by atoms with Gasteiger partial charge in [-0.3, -0.25) is 10.1 Å². The number of hydrogen-bond donors (Lipinski definition) is 2. The zero-order valence-electron chi connectivity index (χ0n) is 13.0. The number of nitrogens with zero attached hydrogens (tertiary/aromatic N) is 4. The largest absolute Gasteiger partial charge is 0.286 e. The third kappa shape index (κ3) is 3.42. The third-order valence-corrected chi connectivity index (χ3v) is 4.20. The number of benzene rings is 1. The van der Waals surface area contributed by atoms with Crippen molar-refractivity contribution in [3.05, 3.63) is 40.9 Å². The molecule has 2 N–H and O–H groups in total. The minimum Gasteiger partial charge on any atom is -0.286 e. The number of aromatic amines is 1. The molecule has 3 aromatic rings. The molecule has 1 aromatic carbocycles. The molecule has 0 atom stereocenters. The van der Waals surface area contributed by atoms with E-state index in [0.717, 1.165) is 10.6 Å². The maximum atomic E-state index is 12.1. The van der Waals surface area contributed by atoms with E-state index in [9.17, 15) is 4.79 Å². The van der Waals surface area contributed by atoms with E-state index in [0.29, 0.717) is 5.69 Å². The molecule has 23 heavy (non-hydrogen) atoms. The number of nitrogens with one attached hydrogen (secondary N) is 2. The van der Waals surface area contributed by atoms with Gasteiger partial charge in [-0.25, -0.2) is 4.98 Å². The van der Waals surface area contributed by atoms with E-state index in [4.69, 9.17) is 0 Å². The molecule has 0 bridgehead atoms. The van der Waals surface area contributed by atoms with Crippen molar-refractivity contribution >= 4 is 23.2 Å². The standard InChI is InChI=1S/C15H16N6OS/c1-15(2,3)10-6-4-9(5-7-10)13-16-11(8-23-13)12(22)17-14-18-20-21-19-14/h4-8H,1-3H3,(H2,17,18,19,20,21,22). The van der Waals surface area contributed by atoms with E-state index in [-0.39, 0.29) is 17.3 Å². The van der Waals surface area contributed by atoms with Crippen molar-refractivity contribution in [1.29, 1.82) is 0 Å². The Morgan fingerprint density at radius 3 is 2.57 bits per heavy atom. The van der Waals surface area contributed by atoms with Crippen molar-refractivity contribution < 1.29 is 4.79 Å². The van der Waals surface area contributed by atoms with Crippen molar-refractivity contribution in [3.8, 4) is 10.6 Å². The Morgan fingerprint density at radius 2 is 1.96 bits per heavy atom. The van der Waals surface area contributed by atoms with Crippen LogP contribution in [0.3, 0.4) is 0 Å². The van der Waals surface area contributed by atoms with Crippen LogP contribution < -0.4 is 5.32 Å². The van der Waals surface area contributed by atoms with Gasteiger partial charge in [-0.15, -0.1) is 16.4 Å². The van der Waals surface area contributed by atoms with Crippen LogP contribution in [0.1, 0.15) is 36.8 Å². The summed E-state index contributed by atoms with van der Waals surface area (Å²) in [5, 5.41) is 18.0. The zero-order chi connectivity index (χ0) is 16.4. The van der Waals surface area contributed by atoms with E-state index >= 15 is 0 Å². The van der Waals surface area contributed by atoms with E-state index < -0.39 is 0 Å². The Hall–Kier alpha value is -2.61. The van der Waals surface area contributed by atoms with Gasteiger partial charge in [0.2, 0.25) is 0 Å². The van der Waals surface area contributed by atoms with E-state index in [1.807, 2.05) is 12.1 Å². The lowest BCUT2D eigenvalue weighted by Crippen LogP contribution is -2.13. The Bertz CT molecular complexity index is 801. The molecule has 3 rings (SSSR count). The number of hydrogen-bond acceptors (Lipinski definition) is 6. The second-order valence-corrected chi connectivity index (χ2v) is 6.91. The van der Waals surface area contributed by atoms with Gasteiger partial charge in [0, 0.05) is 10.9 Å². The van der Waals surface area contributed by atoms with Crippen molar-refractivity contribution in [2.45, 2.75) is 26.2 Å². The Labute approximate surface area is 137 Å². The van der Waals surface area contributed by atoms with Crippen molar-refractivity contribution in [2.24, 2.45) is 0 Å². The smallest absolute Gasteiger partial charge is 0.277 e. The summed E-state index contributed by atoms with van der Waals surface area (Å²) in [5.74, 6) is -0.237. The van der Waals surface area contributed by atoms with Gasteiger partial charge < -0.3 is 0 Å². The van der Waals surface area contributed by atoms with Gasteiger partial charge in [0.15, 0.2) is 0 Å². The normalized spacial score (nSPS) is 11.4. The second-order valence-electron chi connectivity index (χ2n) is 6.05. The lowest BCUT2D eigenvalue weighted by Gasteiger charge is -2.18. The molecule has 0 saturated heterocycles. The molecule has 0 aliphatic carbocycles. The highest BCUT2D eigenvalue weighted by molar-refractivity contribution is 7.13. The summed E-state index contributed by atoms with van der Waals surface area (Å²) in [7, 11) is 0. The molecule has 8 heteroatoms. The molecule has 7 nitrogen and oxygen atoms in total. The van der Waals surface area contributed by atoms with Crippen LogP contribution in [0, 0.1) is 0 Å². The van der Waals surface area contributed by atoms with E-state index in [2.05, 4.69) is 63.8 Å². The monoisotopic (exact) mass is 328 g/mol. The van der Waals surface area contributed by atoms with Crippen LogP contribution in [0.25, 0.3) is 10.6 Å². The average molecular weight is 328 g/mol. The molecule has 118 valence electrons. The molecule has 0 aliphatic rings. The van der Waals surface area contributed by atoms with Crippen molar-refractivity contribution in [3.63, 3.8) is 0 Å². The molecular formula is C15H16N6OS. The lowest BCUT2D eigenvalue weighted by molar-refractivity contribution is 0.102. The SMILES string of the molecule is CC(C)(C)c1ccc(-c2nc(C(=O)Nc3nn[nH]n3)cs2)cc1. The number of aromatic nitrogens is 5. The highest BCUT2D eigenvalue weighted by Gasteiger charge is 2.16. The summed E-state index contributed by atoms with van der Waals surface area (Å²) in [6, 6.07) is 8.24. The fourth-order valence-electron chi connectivity index (χ4n) is 2.00. The third-order valence-electron chi connectivity index (χ3n) is 3.31. The number of thiazole rings is 1. The maximum Gasteiger partial charge on any atom is 0.277 e. The molecule has 0 radical (unpaired) electrons. The Morgan fingerprint density at radius 1 is 1.22 bits per heavy atom. The first-order chi connectivity index (χ1) is 10.9. The zero-order valence-corrected chi connectivity index (χ0v) is 13.8. The number of amides is 1. The molecule has 1 amide bonds. The van der Waals surface area contributed by atoms with E-state index in [1.165, 1.54) is 16.9 Å². The average Bonchev–Trinajstić information content (AvgIpc) is 3.17. The topological polar surface area (TPSA) is 96.5 Å². The summed E-state index contributed by atoms with van der Waals surface area (Å²) < 4.78 is 0. The van der Waals surface area contributed by atoms with Crippen LogP contribution in [0.15, 0.2) is 29.6 Å². The highest BCUT2D eigenvalue weighted by atomic mass is 32.1. The molecule has 2 aromatic heterocycles. The molecule has 0 aliphatic heterocycles. The van der Waals surface area contributed by atoms with Gasteiger partial charge >= 0.3 is 0 Å². The first kappa shape index (κ1) is 15.3. The quantitative estimate of drug-likeness (QED) is 0.770. The highest BCUT2D eigenvalue weighted by Crippen LogP contribution is 2.28. The summed E-state index contributed by atoms with van der Waals surface area (Å²) in [5.41, 5.74) is 2.68. The lowest BCUT2D eigenvalue weighted by atomic mass is 9.87. The second kappa shape index (κ2) is 5.88. The Kier molecular flexibility index (Phi) is 3.91. The number of rotatable bonds is 3. The fourth-order valence-corrected chi connectivity index (χ4v) is 2.81. The number of tetrazole rings is 1. The van der Waals surface area contributed by atoms with Gasteiger partial charge in [0.05, 0.1) is 0 Å². The summed E-state index contributed by atoms with van der Waals surface area (Å²) in [6.07, 6.45) is 0. The van der Waals surface area contributed by atoms with Crippen molar-refractivity contribution in [1.82, 2.24) is 25.6 Å². The predicted octanol–water partition coefficient (Wildman–Crippen LogP) is 2.87. The van der Waals surface area contributed by atoms with Gasteiger partial charge in [-0.2, -0.15) is 5.21 Å². The van der Waals surface area contributed by atoms with Gasteiger partial charge in [0.25, 0.3) is 11.9 Å². The number of carbonyl (C=O) groups excluding carboxylic acids is 1. The Balaban J connectivity index is 1.77. The first-order valence-electron chi connectivity index (χ1n) is 7.05. The summed E-state index contributed by atoms with van der Waals surface area (Å²) in [6.45, 7) is 6.52. The minimum absolute atomic E-state index is 0.108. The van der Waals surface area contributed by atoms with Gasteiger partial charge in [-0.1, -0.05) is 50.1 Å². The molecule has 0 fully saturated rings. The number of H-pyrrole nitrogens is 1. The van der Waals surface area contributed by atoms with Crippen LogP contribution in [0.5, 0.6) is 0 Å². The van der Waals surface area contributed by atoms with Crippen LogP contribution in [-0.4, -0.2) is 31.5 Å². The van der Waals surface area contributed by atoms with Crippen LogP contribution in [-0.2, 0) is 5.41 Å². The minimum atomic E-state index is -0.361. The number of carbonyl (C=O) groups is 1. The van der Waals surface area contributed by atoms with E-state index in [1.54, 1.807) is 5.38 Å². The molecule has 2 heterocycles. The van der Waals surface area contributed by atoms with Crippen LogP contribution in [0.2, 0.25) is 0 Å². The summed E-state index contributed by atoms with van der Waals surface area (Å²) >= 11 is 1.42.